The second kappa shape index (κ2) is 10.5. The number of benzene rings is 1. The molecule has 1 aromatic heterocycles. The first-order valence-corrected chi connectivity index (χ1v) is 12.8. The first kappa shape index (κ1) is 29.0. The standard InChI is InChI=1S/C28H31F3N6O3/c1-26(2,3)40-25(39)36-16-22(17-36)35-13-19(14-35)7-6-18-12-33-37(15-18)27(4,5)24(38)34-21-9-8-20(11-32)23(10-21)28(29,30)31/h8-10,12,15,19,22H,13-14,16-17H2,1-5H3,(H,34,38). The SMILES string of the molecule is CC(C)(C)OC(=O)N1CC(N2CC(C#Cc3cnn(C(C)(C)C(=O)Nc4ccc(C#N)c(C(F)(F)F)c4)c3)C2)C1. The largest absolute Gasteiger partial charge is 0.444 e. The third kappa shape index (κ3) is 6.40. The van der Waals surface area contributed by atoms with Gasteiger partial charge in [0.25, 0.3) is 5.91 Å². The molecule has 0 unspecified atom stereocenters. The molecule has 2 aromatic rings. The van der Waals surface area contributed by atoms with Gasteiger partial charge in [0, 0.05) is 50.0 Å². The minimum absolute atomic E-state index is 0.0770. The third-order valence-electron chi connectivity index (χ3n) is 6.78. The molecule has 3 heterocycles. The van der Waals surface area contributed by atoms with Crippen LogP contribution < -0.4 is 5.32 Å². The number of nitriles is 1. The highest BCUT2D eigenvalue weighted by atomic mass is 19.4. The van der Waals surface area contributed by atoms with Gasteiger partial charge < -0.3 is 15.0 Å². The predicted octanol–water partition coefficient (Wildman–Crippen LogP) is 4.05. The van der Waals surface area contributed by atoms with E-state index in [2.05, 4.69) is 27.2 Å². The molecular formula is C28H31F3N6O3. The molecule has 2 aliphatic rings. The van der Waals surface area contributed by atoms with E-state index in [0.29, 0.717) is 24.7 Å². The van der Waals surface area contributed by atoms with Crippen LogP contribution in [-0.2, 0) is 21.2 Å². The Hall–Kier alpha value is -4.03. The van der Waals surface area contributed by atoms with Crippen molar-refractivity contribution in [3.8, 4) is 17.9 Å². The number of nitrogens with zero attached hydrogens (tertiary/aromatic N) is 5. The summed E-state index contributed by atoms with van der Waals surface area (Å²) in [5.41, 5.74) is -2.86. The highest BCUT2D eigenvalue weighted by Crippen LogP contribution is 2.34. The fraction of sp³-hybridized carbons (Fsp3) is 0.500. The van der Waals surface area contributed by atoms with Gasteiger partial charge in [0.1, 0.15) is 11.1 Å². The van der Waals surface area contributed by atoms with Gasteiger partial charge in [-0.15, -0.1) is 0 Å². The monoisotopic (exact) mass is 556 g/mol. The molecule has 12 heteroatoms. The Balaban J connectivity index is 1.30. The summed E-state index contributed by atoms with van der Waals surface area (Å²) in [5, 5.41) is 15.7. The topological polar surface area (TPSA) is 103 Å². The van der Waals surface area contributed by atoms with Crippen molar-refractivity contribution in [1.82, 2.24) is 19.6 Å². The Morgan fingerprint density at radius 2 is 1.77 bits per heavy atom. The molecule has 40 heavy (non-hydrogen) atoms. The van der Waals surface area contributed by atoms with Gasteiger partial charge in [-0.2, -0.15) is 23.5 Å². The van der Waals surface area contributed by atoms with Crippen molar-refractivity contribution in [3.05, 3.63) is 47.3 Å². The lowest BCUT2D eigenvalue weighted by Gasteiger charge is -2.50. The Bertz CT molecular complexity index is 1400. The number of anilines is 1. The number of likely N-dealkylation sites (tertiary alicyclic amines) is 2. The maximum absolute atomic E-state index is 13.3. The van der Waals surface area contributed by atoms with Crippen molar-refractivity contribution in [2.45, 2.75) is 58.0 Å². The number of rotatable bonds is 4. The van der Waals surface area contributed by atoms with Crippen LogP contribution in [-0.4, -0.2) is 69.4 Å². The zero-order chi connectivity index (χ0) is 29.5. The number of carbonyl (C=O) groups is 2. The van der Waals surface area contributed by atoms with Crippen LogP contribution >= 0.6 is 0 Å². The molecule has 2 fully saturated rings. The van der Waals surface area contributed by atoms with Crippen molar-refractivity contribution < 1.29 is 27.5 Å². The summed E-state index contributed by atoms with van der Waals surface area (Å²) < 4.78 is 46.6. The van der Waals surface area contributed by atoms with Gasteiger partial charge in [-0.3, -0.25) is 14.4 Å². The molecule has 0 saturated carbocycles. The van der Waals surface area contributed by atoms with Crippen molar-refractivity contribution in [2.75, 3.05) is 31.5 Å². The van der Waals surface area contributed by atoms with Crippen LogP contribution in [0.4, 0.5) is 23.7 Å². The molecule has 1 aromatic carbocycles. The highest BCUT2D eigenvalue weighted by molar-refractivity contribution is 5.96. The maximum Gasteiger partial charge on any atom is 0.417 e. The Morgan fingerprint density at radius 3 is 2.38 bits per heavy atom. The van der Waals surface area contributed by atoms with E-state index < -0.39 is 34.4 Å². The van der Waals surface area contributed by atoms with Crippen molar-refractivity contribution in [2.24, 2.45) is 5.92 Å². The Labute approximate surface area is 230 Å². The Kier molecular flexibility index (Phi) is 7.61. The number of ether oxygens (including phenoxy) is 1. The molecule has 4 rings (SSSR count). The minimum Gasteiger partial charge on any atom is -0.444 e. The van der Waals surface area contributed by atoms with Gasteiger partial charge in [-0.1, -0.05) is 11.8 Å². The maximum atomic E-state index is 13.3. The molecule has 0 atom stereocenters. The lowest BCUT2D eigenvalue weighted by atomic mass is 9.95. The fourth-order valence-corrected chi connectivity index (χ4v) is 4.28. The lowest BCUT2D eigenvalue weighted by molar-refractivity contribution is -0.137. The quantitative estimate of drug-likeness (QED) is 0.570. The summed E-state index contributed by atoms with van der Waals surface area (Å²) in [6.07, 6.45) is -1.87. The van der Waals surface area contributed by atoms with E-state index in [0.717, 1.165) is 25.2 Å². The number of hydrogen-bond acceptors (Lipinski definition) is 6. The second-order valence-corrected chi connectivity index (χ2v) is 11.5. The van der Waals surface area contributed by atoms with Gasteiger partial charge in [-0.05, 0) is 52.8 Å². The Morgan fingerprint density at radius 1 is 1.10 bits per heavy atom. The molecule has 0 bridgehead atoms. The van der Waals surface area contributed by atoms with Crippen LogP contribution in [0.3, 0.4) is 0 Å². The van der Waals surface area contributed by atoms with Gasteiger partial charge in [0.15, 0.2) is 0 Å². The van der Waals surface area contributed by atoms with E-state index in [-0.39, 0.29) is 17.7 Å². The predicted molar refractivity (Wildman–Crippen MR) is 140 cm³/mol. The van der Waals surface area contributed by atoms with Crippen molar-refractivity contribution in [1.29, 1.82) is 5.26 Å². The average Bonchev–Trinajstić information content (AvgIpc) is 3.27. The van der Waals surface area contributed by atoms with Crippen LogP contribution in [0.1, 0.15) is 51.3 Å². The van der Waals surface area contributed by atoms with Gasteiger partial charge in [0.2, 0.25) is 0 Å². The molecule has 9 nitrogen and oxygen atoms in total. The third-order valence-corrected chi connectivity index (χ3v) is 6.78. The van der Waals surface area contributed by atoms with Crippen LogP contribution in [0.5, 0.6) is 0 Å². The van der Waals surface area contributed by atoms with Crippen LogP contribution in [0, 0.1) is 29.1 Å². The van der Waals surface area contributed by atoms with Gasteiger partial charge >= 0.3 is 12.3 Å². The van der Waals surface area contributed by atoms with Crippen LogP contribution in [0.2, 0.25) is 0 Å². The van der Waals surface area contributed by atoms with Gasteiger partial charge in [-0.25, -0.2) is 4.79 Å². The molecule has 0 radical (unpaired) electrons. The van der Waals surface area contributed by atoms with Crippen LogP contribution in [0.25, 0.3) is 0 Å². The molecule has 0 spiro atoms. The summed E-state index contributed by atoms with van der Waals surface area (Å²) in [5.74, 6) is 5.89. The number of aromatic nitrogens is 2. The molecule has 2 saturated heterocycles. The number of nitrogens with one attached hydrogen (secondary N) is 1. The molecule has 0 aliphatic carbocycles. The second-order valence-electron chi connectivity index (χ2n) is 11.5. The van der Waals surface area contributed by atoms with E-state index in [1.165, 1.54) is 23.0 Å². The van der Waals surface area contributed by atoms with E-state index in [1.54, 1.807) is 24.9 Å². The lowest BCUT2D eigenvalue weighted by Crippen LogP contribution is -2.66. The first-order valence-electron chi connectivity index (χ1n) is 12.8. The van der Waals surface area contributed by atoms with E-state index >= 15 is 0 Å². The zero-order valence-electron chi connectivity index (χ0n) is 23.0. The van der Waals surface area contributed by atoms with E-state index in [1.807, 2.05) is 20.8 Å². The zero-order valence-corrected chi connectivity index (χ0v) is 23.0. The summed E-state index contributed by atoms with van der Waals surface area (Å²) in [6, 6.07) is 4.84. The summed E-state index contributed by atoms with van der Waals surface area (Å²) in [6.45, 7) is 11.6. The number of amides is 2. The van der Waals surface area contributed by atoms with E-state index in [4.69, 9.17) is 10.00 Å². The molecule has 1 N–H and O–H groups in total. The minimum atomic E-state index is -4.73. The molecule has 212 valence electrons. The van der Waals surface area contributed by atoms with Crippen molar-refractivity contribution >= 4 is 17.7 Å². The smallest absolute Gasteiger partial charge is 0.417 e. The van der Waals surface area contributed by atoms with Gasteiger partial charge in [0.05, 0.1) is 29.0 Å². The van der Waals surface area contributed by atoms with Crippen molar-refractivity contribution in [3.63, 3.8) is 0 Å². The summed E-state index contributed by atoms with van der Waals surface area (Å²) >= 11 is 0. The molecule has 2 amide bonds. The molecular weight excluding hydrogens is 525 g/mol. The summed E-state index contributed by atoms with van der Waals surface area (Å²) in [4.78, 5) is 29.0. The molecule has 2 aliphatic heterocycles. The van der Waals surface area contributed by atoms with Crippen LogP contribution in [0.15, 0.2) is 30.6 Å². The summed E-state index contributed by atoms with van der Waals surface area (Å²) in [7, 11) is 0. The fourth-order valence-electron chi connectivity index (χ4n) is 4.28. The number of hydrogen-bond donors (Lipinski definition) is 1. The van der Waals surface area contributed by atoms with E-state index in [9.17, 15) is 22.8 Å². The highest BCUT2D eigenvalue weighted by Gasteiger charge is 2.41. The number of carbonyl (C=O) groups excluding carboxylic acids is 2. The number of alkyl halides is 3. The normalized spacial score (nSPS) is 16.7. The first-order chi connectivity index (χ1) is 18.6. The average molecular weight is 557 g/mol. The number of halogens is 3.